The van der Waals surface area contributed by atoms with Gasteiger partial charge in [-0.05, 0) is 31.0 Å². The molecule has 0 radical (unpaired) electrons. The van der Waals surface area contributed by atoms with Crippen LogP contribution in [-0.2, 0) is 4.79 Å². The molecule has 0 fully saturated rings. The van der Waals surface area contributed by atoms with E-state index in [1.807, 2.05) is 31.2 Å². The molecule has 110 valence electrons. The summed E-state index contributed by atoms with van der Waals surface area (Å²) in [5.41, 5.74) is 0.994. The quantitative estimate of drug-likeness (QED) is 0.743. The average molecular weight is 343 g/mol. The van der Waals surface area contributed by atoms with Crippen LogP contribution in [-0.4, -0.2) is 23.7 Å². The van der Waals surface area contributed by atoms with E-state index < -0.39 is 11.9 Å². The Morgan fingerprint density at radius 1 is 1.35 bits per heavy atom. The molecule has 0 saturated carbocycles. The molecular weight excluding hydrogens is 324 g/mol. The molecule has 6 heteroatoms. The van der Waals surface area contributed by atoms with Gasteiger partial charge in [-0.3, -0.25) is 4.79 Å². The fraction of sp³-hybridized carbons (Fsp3) is 0.429. The van der Waals surface area contributed by atoms with Gasteiger partial charge < -0.3 is 15.7 Å². The van der Waals surface area contributed by atoms with Crippen LogP contribution in [0.1, 0.15) is 31.9 Å². The number of halogens is 1. The van der Waals surface area contributed by atoms with E-state index in [0.29, 0.717) is 13.0 Å². The van der Waals surface area contributed by atoms with E-state index in [4.69, 9.17) is 5.11 Å². The maximum Gasteiger partial charge on any atom is 0.315 e. The summed E-state index contributed by atoms with van der Waals surface area (Å²) in [6.07, 6.45) is 0.411. The predicted molar refractivity (Wildman–Crippen MR) is 80.5 cm³/mol. The summed E-state index contributed by atoms with van der Waals surface area (Å²) in [6.45, 7) is 3.85. The Labute approximate surface area is 126 Å². The summed E-state index contributed by atoms with van der Waals surface area (Å²) in [4.78, 5) is 22.3. The number of benzene rings is 1. The van der Waals surface area contributed by atoms with Gasteiger partial charge in [-0.15, -0.1) is 0 Å². The fourth-order valence-corrected chi connectivity index (χ4v) is 2.05. The lowest BCUT2D eigenvalue weighted by molar-refractivity contribution is -0.141. The Bertz CT molecular complexity index is 479. The highest BCUT2D eigenvalue weighted by Crippen LogP contribution is 2.17. The number of carbonyl (C=O) groups is 2. The summed E-state index contributed by atoms with van der Waals surface area (Å²) >= 11 is 3.38. The van der Waals surface area contributed by atoms with Crippen molar-refractivity contribution in [2.24, 2.45) is 5.92 Å². The molecule has 0 aliphatic rings. The number of carbonyl (C=O) groups excluding carboxylic acids is 1. The molecule has 2 atom stereocenters. The molecule has 0 spiro atoms. The molecule has 0 bridgehead atoms. The van der Waals surface area contributed by atoms with Gasteiger partial charge in [-0.1, -0.05) is 35.0 Å². The van der Waals surface area contributed by atoms with Gasteiger partial charge in [-0.25, -0.2) is 4.79 Å². The molecule has 0 aromatic heterocycles. The van der Waals surface area contributed by atoms with Gasteiger partial charge in [-0.2, -0.15) is 0 Å². The van der Waals surface area contributed by atoms with Crippen molar-refractivity contribution in [1.82, 2.24) is 10.6 Å². The van der Waals surface area contributed by atoms with Crippen LogP contribution in [0.5, 0.6) is 0 Å². The third-order valence-corrected chi connectivity index (χ3v) is 3.47. The number of hydrogen-bond acceptors (Lipinski definition) is 2. The Kier molecular flexibility index (Phi) is 6.51. The molecule has 1 aromatic rings. The second-order valence-electron chi connectivity index (χ2n) is 4.70. The number of nitrogens with one attached hydrogen (secondary N) is 2. The number of rotatable bonds is 6. The van der Waals surface area contributed by atoms with Crippen LogP contribution in [0.2, 0.25) is 0 Å². The summed E-state index contributed by atoms with van der Waals surface area (Å²) in [7, 11) is 0. The monoisotopic (exact) mass is 342 g/mol. The van der Waals surface area contributed by atoms with Gasteiger partial charge >= 0.3 is 12.0 Å². The van der Waals surface area contributed by atoms with Crippen LogP contribution in [0.15, 0.2) is 28.7 Å². The van der Waals surface area contributed by atoms with Crippen molar-refractivity contribution in [3.63, 3.8) is 0 Å². The van der Waals surface area contributed by atoms with E-state index in [1.54, 1.807) is 6.92 Å². The van der Waals surface area contributed by atoms with Crippen LogP contribution in [0, 0.1) is 5.92 Å². The zero-order valence-electron chi connectivity index (χ0n) is 11.5. The minimum Gasteiger partial charge on any atom is -0.481 e. The van der Waals surface area contributed by atoms with Crippen molar-refractivity contribution in [3.05, 3.63) is 34.3 Å². The first-order valence-electron chi connectivity index (χ1n) is 6.42. The number of aliphatic carboxylic acids is 1. The van der Waals surface area contributed by atoms with E-state index >= 15 is 0 Å². The number of hydrogen-bond donors (Lipinski definition) is 3. The van der Waals surface area contributed by atoms with Crippen molar-refractivity contribution in [2.75, 3.05) is 6.54 Å². The summed E-state index contributed by atoms with van der Waals surface area (Å²) in [6, 6.07) is 7.28. The van der Waals surface area contributed by atoms with Crippen LogP contribution < -0.4 is 10.6 Å². The normalized spacial score (nSPS) is 13.3. The van der Waals surface area contributed by atoms with E-state index in [9.17, 15) is 9.59 Å². The molecule has 20 heavy (non-hydrogen) atoms. The van der Waals surface area contributed by atoms with Crippen molar-refractivity contribution < 1.29 is 14.7 Å². The maximum absolute atomic E-state index is 11.7. The highest BCUT2D eigenvalue weighted by Gasteiger charge is 2.12. The van der Waals surface area contributed by atoms with Crippen LogP contribution in [0.25, 0.3) is 0 Å². The van der Waals surface area contributed by atoms with Crippen molar-refractivity contribution in [1.29, 1.82) is 0 Å². The van der Waals surface area contributed by atoms with E-state index in [1.165, 1.54) is 0 Å². The molecule has 0 saturated heterocycles. The van der Waals surface area contributed by atoms with Gasteiger partial charge in [0.05, 0.1) is 12.0 Å². The molecule has 0 heterocycles. The van der Waals surface area contributed by atoms with Crippen molar-refractivity contribution >= 4 is 27.9 Å². The zero-order valence-corrected chi connectivity index (χ0v) is 13.1. The second kappa shape index (κ2) is 7.89. The fourth-order valence-electron chi connectivity index (χ4n) is 1.63. The van der Waals surface area contributed by atoms with Gasteiger partial charge in [0.2, 0.25) is 0 Å². The smallest absolute Gasteiger partial charge is 0.315 e. The largest absolute Gasteiger partial charge is 0.481 e. The molecule has 1 rings (SSSR count). The van der Waals surface area contributed by atoms with Crippen molar-refractivity contribution in [3.8, 4) is 0 Å². The lowest BCUT2D eigenvalue weighted by Crippen LogP contribution is -2.38. The van der Waals surface area contributed by atoms with Gasteiger partial charge in [0.1, 0.15) is 0 Å². The zero-order chi connectivity index (χ0) is 15.1. The van der Waals surface area contributed by atoms with Gasteiger partial charge in [0.15, 0.2) is 0 Å². The predicted octanol–water partition coefficient (Wildman–Crippen LogP) is 2.92. The first-order valence-corrected chi connectivity index (χ1v) is 7.22. The maximum atomic E-state index is 11.7. The number of carboxylic acids is 1. The number of urea groups is 1. The van der Waals surface area contributed by atoms with Crippen molar-refractivity contribution in [2.45, 2.75) is 26.3 Å². The molecule has 0 aliphatic heterocycles. The molecule has 2 amide bonds. The van der Waals surface area contributed by atoms with Crippen LogP contribution in [0.3, 0.4) is 0 Å². The molecule has 1 aromatic carbocycles. The minimum atomic E-state index is -0.852. The highest BCUT2D eigenvalue weighted by molar-refractivity contribution is 9.10. The van der Waals surface area contributed by atoms with E-state index in [2.05, 4.69) is 26.6 Å². The lowest BCUT2D eigenvalue weighted by Gasteiger charge is -2.15. The molecule has 5 nitrogen and oxygen atoms in total. The lowest BCUT2D eigenvalue weighted by atomic mass is 10.1. The standard InChI is InChI=1S/C14H19BrN2O3/c1-9(13(18)19)6-7-16-14(20)17-10(2)11-4-3-5-12(15)8-11/h3-5,8-10H,6-7H2,1-2H3,(H,18,19)(H2,16,17,20). The number of amides is 2. The van der Waals surface area contributed by atoms with Crippen LogP contribution in [0.4, 0.5) is 4.79 Å². The van der Waals surface area contributed by atoms with Crippen LogP contribution >= 0.6 is 15.9 Å². The minimum absolute atomic E-state index is 0.121. The topological polar surface area (TPSA) is 78.4 Å². The molecule has 2 unspecified atom stereocenters. The van der Waals surface area contributed by atoms with E-state index in [-0.39, 0.29) is 12.1 Å². The summed E-state index contributed by atoms with van der Waals surface area (Å²) in [5.74, 6) is -1.31. The highest BCUT2D eigenvalue weighted by atomic mass is 79.9. The SMILES string of the molecule is CC(CCNC(=O)NC(C)c1cccc(Br)c1)C(=O)O. The summed E-state index contributed by atoms with van der Waals surface area (Å²) < 4.78 is 0.958. The summed E-state index contributed by atoms with van der Waals surface area (Å²) in [5, 5.41) is 14.2. The first-order chi connectivity index (χ1) is 9.40. The Hall–Kier alpha value is -1.56. The second-order valence-corrected chi connectivity index (χ2v) is 5.62. The number of carboxylic acid groups (broad SMARTS) is 1. The Morgan fingerprint density at radius 3 is 2.65 bits per heavy atom. The van der Waals surface area contributed by atoms with Gasteiger partial charge in [0, 0.05) is 11.0 Å². The average Bonchev–Trinajstić information content (AvgIpc) is 2.38. The van der Waals surface area contributed by atoms with Gasteiger partial charge in [0.25, 0.3) is 0 Å². The third kappa shape index (κ3) is 5.61. The van der Waals surface area contributed by atoms with E-state index in [0.717, 1.165) is 10.0 Å². The third-order valence-electron chi connectivity index (χ3n) is 2.98. The molecule has 3 N–H and O–H groups in total. The Balaban J connectivity index is 2.37. The first kappa shape index (κ1) is 16.5. The molecular formula is C14H19BrN2O3. The Morgan fingerprint density at radius 2 is 2.05 bits per heavy atom. The molecule has 0 aliphatic carbocycles.